The van der Waals surface area contributed by atoms with E-state index in [0.717, 1.165) is 35.5 Å². The van der Waals surface area contributed by atoms with Crippen molar-refractivity contribution in [2.75, 3.05) is 5.32 Å². The summed E-state index contributed by atoms with van der Waals surface area (Å²) in [5, 5.41) is 3.54. The van der Waals surface area contributed by atoms with Gasteiger partial charge in [-0.3, -0.25) is 4.98 Å². The van der Waals surface area contributed by atoms with Crippen LogP contribution in [-0.2, 0) is 0 Å². The van der Waals surface area contributed by atoms with Crippen LogP contribution < -0.4 is 11.1 Å². The fourth-order valence-corrected chi connectivity index (χ4v) is 2.55. The van der Waals surface area contributed by atoms with Crippen molar-refractivity contribution in [3.05, 3.63) is 23.0 Å². The van der Waals surface area contributed by atoms with Crippen molar-refractivity contribution in [3.8, 4) is 0 Å². The Kier molecular flexibility index (Phi) is 4.68. The Labute approximate surface area is 115 Å². The first-order valence-electron chi connectivity index (χ1n) is 6.33. The maximum absolute atomic E-state index is 5.81. The zero-order valence-electron chi connectivity index (χ0n) is 11.9. The Hall–Kier alpha value is -1.16. The molecule has 0 fully saturated rings. The molecule has 0 aromatic carbocycles. The number of anilines is 1. The van der Waals surface area contributed by atoms with E-state index in [9.17, 15) is 0 Å². The van der Waals surface area contributed by atoms with Crippen LogP contribution in [0.1, 0.15) is 50.6 Å². The summed E-state index contributed by atoms with van der Waals surface area (Å²) in [6.07, 6.45) is 2.22. The van der Waals surface area contributed by atoms with Gasteiger partial charge in [-0.2, -0.15) is 0 Å². The van der Waals surface area contributed by atoms with E-state index in [1.54, 1.807) is 0 Å². The highest BCUT2D eigenvalue weighted by Gasteiger charge is 2.20. The first kappa shape index (κ1) is 14.9. The minimum atomic E-state index is 0.0223. The van der Waals surface area contributed by atoms with Gasteiger partial charge in [-0.25, -0.2) is 0 Å². The summed E-state index contributed by atoms with van der Waals surface area (Å²) >= 11 is 5.13. The maximum Gasteiger partial charge on any atom is 0.107 e. The van der Waals surface area contributed by atoms with Gasteiger partial charge in [0, 0.05) is 22.6 Å². The molecule has 4 heteroatoms. The fraction of sp³-hybridized carbons (Fsp3) is 0.571. The number of aryl methyl sites for hydroxylation is 2. The van der Waals surface area contributed by atoms with Gasteiger partial charge in [0.15, 0.2) is 0 Å². The molecule has 0 unspecified atom stereocenters. The molecule has 0 atom stereocenters. The molecule has 1 heterocycles. The van der Waals surface area contributed by atoms with E-state index in [2.05, 4.69) is 31.1 Å². The fourth-order valence-electron chi connectivity index (χ4n) is 2.29. The Morgan fingerprint density at radius 1 is 1.44 bits per heavy atom. The van der Waals surface area contributed by atoms with Gasteiger partial charge < -0.3 is 11.1 Å². The van der Waals surface area contributed by atoms with E-state index in [1.807, 2.05) is 19.9 Å². The monoisotopic (exact) mass is 265 g/mol. The zero-order chi connectivity index (χ0) is 13.9. The lowest BCUT2D eigenvalue weighted by Gasteiger charge is -2.29. The van der Waals surface area contributed by atoms with Gasteiger partial charge >= 0.3 is 0 Å². The lowest BCUT2D eigenvalue weighted by Crippen LogP contribution is -2.32. The highest BCUT2D eigenvalue weighted by atomic mass is 32.1. The van der Waals surface area contributed by atoms with Crippen LogP contribution in [-0.4, -0.2) is 15.5 Å². The third-order valence-corrected chi connectivity index (χ3v) is 3.13. The molecule has 0 bridgehead atoms. The number of pyridine rings is 1. The molecule has 1 rings (SSSR count). The molecule has 1 aromatic heterocycles. The van der Waals surface area contributed by atoms with Crippen LogP contribution in [0.4, 0.5) is 5.69 Å². The summed E-state index contributed by atoms with van der Waals surface area (Å²) in [7, 11) is 0. The first-order chi connectivity index (χ1) is 8.26. The molecule has 0 aliphatic rings. The van der Waals surface area contributed by atoms with E-state index in [0.29, 0.717) is 4.99 Å². The van der Waals surface area contributed by atoms with Crippen molar-refractivity contribution < 1.29 is 0 Å². The van der Waals surface area contributed by atoms with Crippen molar-refractivity contribution in [2.24, 2.45) is 5.73 Å². The molecular weight excluding hydrogens is 242 g/mol. The molecule has 0 saturated carbocycles. The van der Waals surface area contributed by atoms with Crippen LogP contribution in [0.25, 0.3) is 0 Å². The molecule has 0 aliphatic carbocycles. The Morgan fingerprint density at radius 3 is 2.56 bits per heavy atom. The summed E-state index contributed by atoms with van der Waals surface area (Å²) in [6, 6.07) is 2.01. The number of nitrogens with zero attached hydrogens (tertiary/aromatic N) is 1. The summed E-state index contributed by atoms with van der Waals surface area (Å²) in [5.41, 5.74) is 9.55. The molecular formula is C14H23N3S. The molecule has 0 amide bonds. The second kappa shape index (κ2) is 5.65. The van der Waals surface area contributed by atoms with Crippen LogP contribution in [0.15, 0.2) is 6.07 Å². The van der Waals surface area contributed by atoms with Crippen molar-refractivity contribution in [1.82, 2.24) is 4.98 Å². The summed E-state index contributed by atoms with van der Waals surface area (Å²) in [4.78, 5) is 4.82. The number of hydrogen-bond acceptors (Lipinski definition) is 3. The SMILES string of the molecule is CCCC(C)(C)Nc1cc(C)nc(C)c1C(N)=S. The molecule has 100 valence electrons. The highest BCUT2D eigenvalue weighted by molar-refractivity contribution is 7.80. The zero-order valence-corrected chi connectivity index (χ0v) is 12.7. The number of nitrogens with two attached hydrogens (primary N) is 1. The highest BCUT2D eigenvalue weighted by Crippen LogP contribution is 2.25. The molecule has 1 aromatic rings. The lowest BCUT2D eigenvalue weighted by molar-refractivity contribution is 0.511. The predicted molar refractivity (Wildman–Crippen MR) is 82.2 cm³/mol. The molecule has 18 heavy (non-hydrogen) atoms. The van der Waals surface area contributed by atoms with E-state index >= 15 is 0 Å². The molecule has 0 aliphatic heterocycles. The van der Waals surface area contributed by atoms with Gasteiger partial charge in [-0.15, -0.1) is 0 Å². The Balaban J connectivity index is 3.19. The van der Waals surface area contributed by atoms with E-state index in [4.69, 9.17) is 18.0 Å². The van der Waals surface area contributed by atoms with Gasteiger partial charge in [0.2, 0.25) is 0 Å². The van der Waals surface area contributed by atoms with Crippen LogP contribution in [0.3, 0.4) is 0 Å². The summed E-state index contributed by atoms with van der Waals surface area (Å²) in [6.45, 7) is 10.5. The minimum absolute atomic E-state index is 0.0223. The molecule has 0 radical (unpaired) electrons. The molecule has 3 N–H and O–H groups in total. The van der Waals surface area contributed by atoms with Crippen molar-refractivity contribution in [2.45, 2.75) is 53.0 Å². The Bertz CT molecular complexity index is 453. The lowest BCUT2D eigenvalue weighted by atomic mass is 9.97. The quantitative estimate of drug-likeness (QED) is 0.802. The second-order valence-electron chi connectivity index (χ2n) is 5.39. The van der Waals surface area contributed by atoms with E-state index < -0.39 is 0 Å². The van der Waals surface area contributed by atoms with Gasteiger partial charge in [0.25, 0.3) is 0 Å². The standard InChI is InChI=1S/C14H23N3S/c1-6-7-14(4,5)17-11-8-9(2)16-10(3)12(11)13(15)18/h8H,6-7H2,1-5H3,(H2,15,18)(H,16,17). The van der Waals surface area contributed by atoms with Crippen LogP contribution in [0.2, 0.25) is 0 Å². The van der Waals surface area contributed by atoms with Crippen LogP contribution >= 0.6 is 12.2 Å². The number of thiocarbonyl (C=S) groups is 1. The molecule has 0 saturated heterocycles. The van der Waals surface area contributed by atoms with E-state index in [1.165, 1.54) is 0 Å². The first-order valence-corrected chi connectivity index (χ1v) is 6.74. The van der Waals surface area contributed by atoms with Crippen molar-refractivity contribution in [1.29, 1.82) is 0 Å². The minimum Gasteiger partial charge on any atom is -0.389 e. The van der Waals surface area contributed by atoms with Crippen molar-refractivity contribution >= 4 is 22.9 Å². The number of hydrogen-bond donors (Lipinski definition) is 2. The van der Waals surface area contributed by atoms with Crippen LogP contribution in [0.5, 0.6) is 0 Å². The predicted octanol–water partition coefficient (Wildman–Crippen LogP) is 3.32. The largest absolute Gasteiger partial charge is 0.389 e. The summed E-state index contributed by atoms with van der Waals surface area (Å²) in [5.74, 6) is 0. The normalized spacial score (nSPS) is 11.4. The van der Waals surface area contributed by atoms with E-state index in [-0.39, 0.29) is 5.54 Å². The Morgan fingerprint density at radius 2 is 2.06 bits per heavy atom. The second-order valence-corrected chi connectivity index (χ2v) is 5.83. The molecule has 0 spiro atoms. The van der Waals surface area contributed by atoms with Gasteiger partial charge in [-0.1, -0.05) is 25.6 Å². The molecule has 3 nitrogen and oxygen atoms in total. The third kappa shape index (κ3) is 3.67. The average molecular weight is 265 g/mol. The van der Waals surface area contributed by atoms with Gasteiger partial charge in [0.1, 0.15) is 4.99 Å². The third-order valence-electron chi connectivity index (χ3n) is 2.92. The smallest absolute Gasteiger partial charge is 0.107 e. The average Bonchev–Trinajstić information content (AvgIpc) is 2.13. The van der Waals surface area contributed by atoms with Crippen molar-refractivity contribution in [3.63, 3.8) is 0 Å². The number of aromatic nitrogens is 1. The van der Waals surface area contributed by atoms with Gasteiger partial charge in [0.05, 0.1) is 5.56 Å². The topological polar surface area (TPSA) is 50.9 Å². The number of nitrogens with one attached hydrogen (secondary N) is 1. The van der Waals surface area contributed by atoms with Gasteiger partial charge in [-0.05, 0) is 40.2 Å². The number of rotatable bonds is 5. The maximum atomic E-state index is 5.81. The summed E-state index contributed by atoms with van der Waals surface area (Å²) < 4.78 is 0. The van der Waals surface area contributed by atoms with Crippen LogP contribution in [0, 0.1) is 13.8 Å².